The highest BCUT2D eigenvalue weighted by Gasteiger charge is 2.25. The van der Waals surface area contributed by atoms with Crippen molar-refractivity contribution in [3.8, 4) is 0 Å². The van der Waals surface area contributed by atoms with Crippen molar-refractivity contribution < 1.29 is 9.53 Å². The Balaban J connectivity index is 2.37. The van der Waals surface area contributed by atoms with E-state index in [1.54, 1.807) is 7.11 Å². The van der Waals surface area contributed by atoms with Crippen LogP contribution in [0.2, 0.25) is 0 Å². The van der Waals surface area contributed by atoms with Crippen LogP contribution in [0, 0.1) is 5.92 Å². The number of hydrogen-bond donors (Lipinski definition) is 2. The molecule has 0 aliphatic carbocycles. The van der Waals surface area contributed by atoms with E-state index in [-0.39, 0.29) is 18.0 Å². The fourth-order valence-corrected chi connectivity index (χ4v) is 2.07. The van der Waals surface area contributed by atoms with Gasteiger partial charge in [-0.15, -0.1) is 0 Å². The summed E-state index contributed by atoms with van der Waals surface area (Å²) in [5, 5.41) is 6.30. The first-order valence-corrected chi connectivity index (χ1v) is 6.20. The highest BCUT2D eigenvalue weighted by Crippen LogP contribution is 2.15. The Hall–Kier alpha value is -0.610. The van der Waals surface area contributed by atoms with Crippen molar-refractivity contribution in [1.82, 2.24) is 10.6 Å². The van der Waals surface area contributed by atoms with Crippen LogP contribution in [0.5, 0.6) is 0 Å². The van der Waals surface area contributed by atoms with Gasteiger partial charge in [-0.2, -0.15) is 0 Å². The number of nitrogens with one attached hydrogen (secondary N) is 2. The van der Waals surface area contributed by atoms with Crippen molar-refractivity contribution in [3.05, 3.63) is 0 Å². The third-order valence-corrected chi connectivity index (χ3v) is 3.19. The Morgan fingerprint density at radius 3 is 2.94 bits per heavy atom. The fourth-order valence-electron chi connectivity index (χ4n) is 2.07. The molecular weight excluding hydrogens is 204 g/mol. The summed E-state index contributed by atoms with van der Waals surface area (Å²) in [6.07, 6.45) is 3.01. The fraction of sp³-hybridized carbons (Fsp3) is 0.917. The van der Waals surface area contributed by atoms with E-state index < -0.39 is 0 Å². The summed E-state index contributed by atoms with van der Waals surface area (Å²) in [5.74, 6) is 0.759. The molecule has 16 heavy (non-hydrogen) atoms. The van der Waals surface area contributed by atoms with Crippen molar-refractivity contribution in [2.75, 3.05) is 20.3 Å². The number of amides is 1. The van der Waals surface area contributed by atoms with Crippen LogP contribution in [0.3, 0.4) is 0 Å². The van der Waals surface area contributed by atoms with Gasteiger partial charge in [-0.3, -0.25) is 4.79 Å². The number of hydrogen-bond acceptors (Lipinski definition) is 3. The average molecular weight is 228 g/mol. The van der Waals surface area contributed by atoms with Gasteiger partial charge in [0.2, 0.25) is 5.91 Å². The summed E-state index contributed by atoms with van der Waals surface area (Å²) < 4.78 is 5.07. The van der Waals surface area contributed by atoms with Gasteiger partial charge >= 0.3 is 0 Å². The molecule has 0 aromatic carbocycles. The normalized spacial score (nSPS) is 27.4. The maximum atomic E-state index is 12.0. The SMILES string of the molecule is CCC(COC)NC(=O)C1CC(C)CCN1. The van der Waals surface area contributed by atoms with Crippen molar-refractivity contribution in [2.45, 2.75) is 45.2 Å². The zero-order chi connectivity index (χ0) is 12.0. The van der Waals surface area contributed by atoms with Crippen LogP contribution in [-0.4, -0.2) is 38.3 Å². The minimum absolute atomic E-state index is 0.0188. The molecule has 2 N–H and O–H groups in total. The first-order chi connectivity index (χ1) is 7.67. The van der Waals surface area contributed by atoms with Crippen LogP contribution in [0.1, 0.15) is 33.1 Å². The summed E-state index contributed by atoms with van der Waals surface area (Å²) in [6, 6.07) is 0.117. The zero-order valence-corrected chi connectivity index (χ0v) is 10.6. The lowest BCUT2D eigenvalue weighted by atomic mass is 9.94. The van der Waals surface area contributed by atoms with Crippen LogP contribution in [0.15, 0.2) is 0 Å². The topological polar surface area (TPSA) is 50.4 Å². The van der Waals surface area contributed by atoms with Gasteiger partial charge in [0.15, 0.2) is 0 Å². The Morgan fingerprint density at radius 2 is 2.38 bits per heavy atom. The van der Waals surface area contributed by atoms with Crippen LogP contribution < -0.4 is 10.6 Å². The van der Waals surface area contributed by atoms with Gasteiger partial charge in [0.05, 0.1) is 18.7 Å². The van der Waals surface area contributed by atoms with Gasteiger partial charge in [-0.05, 0) is 31.7 Å². The lowest BCUT2D eigenvalue weighted by Gasteiger charge is -2.28. The molecule has 94 valence electrons. The quantitative estimate of drug-likeness (QED) is 0.735. The molecular formula is C12H24N2O2. The van der Waals surface area contributed by atoms with Gasteiger partial charge in [0, 0.05) is 7.11 Å². The van der Waals surface area contributed by atoms with Gasteiger partial charge in [-0.25, -0.2) is 0 Å². The molecule has 1 amide bonds. The number of ether oxygens (including phenoxy) is 1. The van der Waals surface area contributed by atoms with Crippen LogP contribution in [0.4, 0.5) is 0 Å². The minimum atomic E-state index is -0.0188. The van der Waals surface area contributed by atoms with Crippen LogP contribution in [0.25, 0.3) is 0 Å². The first kappa shape index (κ1) is 13.5. The molecule has 3 atom stereocenters. The van der Waals surface area contributed by atoms with Crippen molar-refractivity contribution in [3.63, 3.8) is 0 Å². The van der Waals surface area contributed by atoms with E-state index in [0.29, 0.717) is 12.5 Å². The Labute approximate surface area is 98.1 Å². The molecule has 0 aromatic heterocycles. The third kappa shape index (κ3) is 4.10. The zero-order valence-electron chi connectivity index (χ0n) is 10.6. The second kappa shape index (κ2) is 6.86. The highest BCUT2D eigenvalue weighted by molar-refractivity contribution is 5.82. The van der Waals surface area contributed by atoms with Crippen LogP contribution in [-0.2, 0) is 9.53 Å². The number of carbonyl (C=O) groups excluding carboxylic acids is 1. The second-order valence-electron chi connectivity index (χ2n) is 4.71. The maximum absolute atomic E-state index is 12.0. The predicted octanol–water partition coefficient (Wildman–Crippen LogP) is 0.916. The number of rotatable bonds is 5. The van der Waals surface area contributed by atoms with Crippen molar-refractivity contribution in [1.29, 1.82) is 0 Å². The standard InChI is InChI=1S/C12H24N2O2/c1-4-10(8-16-3)14-12(15)11-7-9(2)5-6-13-11/h9-11,13H,4-8H2,1-3H3,(H,14,15). The number of methoxy groups -OCH3 is 1. The third-order valence-electron chi connectivity index (χ3n) is 3.19. The smallest absolute Gasteiger partial charge is 0.237 e. The lowest BCUT2D eigenvalue weighted by Crippen LogP contribution is -2.51. The molecule has 1 fully saturated rings. The first-order valence-electron chi connectivity index (χ1n) is 6.20. The largest absolute Gasteiger partial charge is 0.383 e. The van der Waals surface area contributed by atoms with E-state index >= 15 is 0 Å². The predicted molar refractivity (Wildman–Crippen MR) is 64.3 cm³/mol. The molecule has 4 nitrogen and oxygen atoms in total. The molecule has 0 bridgehead atoms. The molecule has 4 heteroatoms. The molecule has 3 unspecified atom stereocenters. The Bertz CT molecular complexity index is 221. The Kier molecular flexibility index (Phi) is 5.77. The van der Waals surface area contributed by atoms with E-state index in [0.717, 1.165) is 19.4 Å². The molecule has 0 radical (unpaired) electrons. The molecule has 1 aliphatic heterocycles. The molecule has 0 saturated carbocycles. The summed E-state index contributed by atoms with van der Waals surface area (Å²) in [4.78, 5) is 12.0. The monoisotopic (exact) mass is 228 g/mol. The summed E-state index contributed by atoms with van der Waals surface area (Å²) in [5.41, 5.74) is 0. The highest BCUT2D eigenvalue weighted by atomic mass is 16.5. The van der Waals surface area contributed by atoms with E-state index in [1.807, 2.05) is 0 Å². The van der Waals surface area contributed by atoms with Gasteiger partial charge in [0.25, 0.3) is 0 Å². The molecule has 1 saturated heterocycles. The molecule has 0 spiro atoms. The molecule has 1 rings (SSSR count). The van der Waals surface area contributed by atoms with E-state index in [1.165, 1.54) is 6.42 Å². The number of piperidine rings is 1. The van der Waals surface area contributed by atoms with Crippen molar-refractivity contribution in [2.24, 2.45) is 5.92 Å². The Morgan fingerprint density at radius 1 is 1.62 bits per heavy atom. The van der Waals surface area contributed by atoms with E-state index in [4.69, 9.17) is 4.74 Å². The average Bonchev–Trinajstić information content (AvgIpc) is 2.28. The van der Waals surface area contributed by atoms with Gasteiger partial charge in [0.1, 0.15) is 0 Å². The lowest BCUT2D eigenvalue weighted by molar-refractivity contribution is -0.125. The molecule has 1 heterocycles. The molecule has 0 aromatic rings. The van der Waals surface area contributed by atoms with E-state index in [2.05, 4.69) is 24.5 Å². The summed E-state index contributed by atoms with van der Waals surface area (Å²) in [6.45, 7) is 5.79. The number of carbonyl (C=O) groups is 1. The summed E-state index contributed by atoms with van der Waals surface area (Å²) >= 11 is 0. The maximum Gasteiger partial charge on any atom is 0.237 e. The van der Waals surface area contributed by atoms with Crippen LogP contribution >= 0.6 is 0 Å². The summed E-state index contributed by atoms with van der Waals surface area (Å²) in [7, 11) is 1.66. The van der Waals surface area contributed by atoms with Gasteiger partial charge < -0.3 is 15.4 Å². The minimum Gasteiger partial charge on any atom is -0.383 e. The van der Waals surface area contributed by atoms with E-state index in [9.17, 15) is 4.79 Å². The van der Waals surface area contributed by atoms with Crippen molar-refractivity contribution >= 4 is 5.91 Å². The second-order valence-corrected chi connectivity index (χ2v) is 4.71. The van der Waals surface area contributed by atoms with Gasteiger partial charge in [-0.1, -0.05) is 13.8 Å². The molecule has 1 aliphatic rings.